The van der Waals surface area contributed by atoms with E-state index in [-0.39, 0.29) is 17.0 Å². The Morgan fingerprint density at radius 1 is 1.00 bits per heavy atom. The van der Waals surface area contributed by atoms with E-state index in [1.165, 1.54) is 0 Å². The van der Waals surface area contributed by atoms with Crippen LogP contribution in [0.1, 0.15) is 41.0 Å². The quantitative estimate of drug-likeness (QED) is 0.417. The number of aromatic nitrogens is 2. The Morgan fingerprint density at radius 2 is 1.69 bits per heavy atom. The highest BCUT2D eigenvalue weighted by atomic mass is 32.1. The maximum Gasteiger partial charge on any atom is 0.319 e. The van der Waals surface area contributed by atoms with Gasteiger partial charge in [0.25, 0.3) is 0 Å². The number of thiophene rings is 1. The highest BCUT2D eigenvalue weighted by Crippen LogP contribution is 2.34. The minimum Gasteiger partial charge on any atom is -0.333 e. The minimum atomic E-state index is -0.300. The molecule has 2 amide bonds. The van der Waals surface area contributed by atoms with Gasteiger partial charge in [-0.2, -0.15) is 0 Å². The van der Waals surface area contributed by atoms with Gasteiger partial charge in [-0.3, -0.25) is 0 Å². The van der Waals surface area contributed by atoms with Crippen molar-refractivity contribution in [1.82, 2.24) is 15.3 Å². The molecule has 0 aliphatic heterocycles. The second-order valence-corrected chi connectivity index (χ2v) is 10.4. The van der Waals surface area contributed by atoms with E-state index in [4.69, 9.17) is 9.97 Å². The number of carbonyl (C=O) groups excluding carboxylic acids is 1. The number of rotatable bonds is 3. The van der Waals surface area contributed by atoms with Crippen molar-refractivity contribution in [1.29, 1.82) is 0 Å². The molecule has 4 aromatic rings. The lowest BCUT2D eigenvalue weighted by molar-refractivity contribution is 0.220. The summed E-state index contributed by atoms with van der Waals surface area (Å²) in [5, 5.41) is 7.07. The van der Waals surface area contributed by atoms with Crippen LogP contribution in [0.15, 0.2) is 42.5 Å². The van der Waals surface area contributed by atoms with E-state index in [1.54, 1.807) is 11.3 Å². The molecule has 0 atom stereocenters. The summed E-state index contributed by atoms with van der Waals surface area (Å²) in [6, 6.07) is 13.6. The van der Waals surface area contributed by atoms with Crippen molar-refractivity contribution >= 4 is 54.5 Å². The Bertz CT molecular complexity index is 1220. The summed E-state index contributed by atoms with van der Waals surface area (Å²) in [7, 11) is 0. The number of urea groups is 1. The van der Waals surface area contributed by atoms with Crippen LogP contribution in [0.3, 0.4) is 0 Å². The van der Waals surface area contributed by atoms with E-state index >= 15 is 0 Å². The molecule has 0 radical (unpaired) electrons. The number of fused-ring (bicyclic) bond motifs is 4. The van der Waals surface area contributed by atoms with Crippen molar-refractivity contribution in [2.75, 3.05) is 5.32 Å². The Morgan fingerprint density at radius 3 is 2.38 bits per heavy atom. The number of hydrogen-bond acceptors (Lipinski definition) is 4. The lowest BCUT2D eigenvalue weighted by atomic mass is 9.82. The molecule has 0 saturated carbocycles. The second-order valence-electron chi connectivity index (χ2n) is 9.38. The summed E-state index contributed by atoms with van der Waals surface area (Å²) >= 11 is 1.62. The summed E-state index contributed by atoms with van der Waals surface area (Å²) in [4.78, 5) is 23.0. The molecule has 0 saturated heterocycles. The van der Waals surface area contributed by atoms with E-state index in [2.05, 4.69) is 31.4 Å². The van der Waals surface area contributed by atoms with Crippen LogP contribution in [-0.4, -0.2) is 21.5 Å². The van der Waals surface area contributed by atoms with Crippen LogP contribution in [0.25, 0.3) is 31.5 Å². The molecule has 0 unspecified atom stereocenters. The van der Waals surface area contributed by atoms with Gasteiger partial charge in [0.05, 0.1) is 11.0 Å². The van der Waals surface area contributed by atoms with E-state index in [0.29, 0.717) is 0 Å². The summed E-state index contributed by atoms with van der Waals surface area (Å²) in [5.74, 6) is 0. The zero-order valence-corrected chi connectivity index (χ0v) is 18.3. The Kier molecular flexibility index (Phi) is 4.69. The van der Waals surface area contributed by atoms with Gasteiger partial charge in [-0.15, -0.1) is 11.3 Å². The Balaban J connectivity index is 1.62. The lowest BCUT2D eigenvalue weighted by Gasteiger charge is -2.33. The fourth-order valence-electron chi connectivity index (χ4n) is 4.06. The molecule has 0 spiro atoms. The number of amides is 2. The molecule has 0 fully saturated rings. The molecule has 2 heterocycles. The fourth-order valence-corrected chi connectivity index (χ4v) is 5.06. The number of nitrogens with zero attached hydrogens (tertiary/aromatic N) is 2. The molecular formula is C23H26N4OS. The molecule has 0 bridgehead atoms. The van der Waals surface area contributed by atoms with E-state index in [0.717, 1.165) is 43.6 Å². The van der Waals surface area contributed by atoms with Crippen LogP contribution < -0.4 is 10.6 Å². The third-order valence-corrected chi connectivity index (χ3v) is 5.72. The molecule has 5 nitrogen and oxygen atoms in total. The summed E-state index contributed by atoms with van der Waals surface area (Å²) < 4.78 is 1.11. The first-order chi connectivity index (χ1) is 13.6. The van der Waals surface area contributed by atoms with Crippen molar-refractivity contribution in [3.8, 4) is 0 Å². The molecule has 0 aliphatic carbocycles. The number of carbonyl (C=O) groups is 1. The Hall–Kier alpha value is -2.73. The van der Waals surface area contributed by atoms with Gasteiger partial charge in [-0.25, -0.2) is 14.8 Å². The van der Waals surface area contributed by atoms with Crippen LogP contribution in [-0.2, 0) is 0 Å². The highest BCUT2D eigenvalue weighted by Gasteiger charge is 2.27. The van der Waals surface area contributed by atoms with Gasteiger partial charge in [-0.05, 0) is 56.0 Å². The van der Waals surface area contributed by atoms with Gasteiger partial charge < -0.3 is 10.6 Å². The smallest absolute Gasteiger partial charge is 0.319 e. The van der Waals surface area contributed by atoms with Crippen molar-refractivity contribution in [3.05, 3.63) is 42.5 Å². The van der Waals surface area contributed by atoms with Gasteiger partial charge in [0.15, 0.2) is 0 Å². The number of nitrogens with one attached hydrogen (secondary N) is 2. The third kappa shape index (κ3) is 4.32. The third-order valence-electron chi connectivity index (χ3n) is 4.66. The SMILES string of the molecule is CC(C)(C)CC(C)(C)NC(=O)Nc1ccc2sc3nc4ccccc4nc3c2c1. The minimum absolute atomic E-state index is 0.132. The zero-order valence-electron chi connectivity index (χ0n) is 17.5. The van der Waals surface area contributed by atoms with Gasteiger partial charge in [-0.1, -0.05) is 32.9 Å². The van der Waals surface area contributed by atoms with Crippen molar-refractivity contribution in [2.24, 2.45) is 5.41 Å². The molecule has 0 aliphatic rings. The molecule has 6 heteroatoms. The van der Waals surface area contributed by atoms with Crippen LogP contribution >= 0.6 is 11.3 Å². The number of para-hydroxylation sites is 2. The van der Waals surface area contributed by atoms with Crippen molar-refractivity contribution in [2.45, 2.75) is 46.6 Å². The first kappa shape index (κ1) is 19.6. The van der Waals surface area contributed by atoms with Crippen molar-refractivity contribution < 1.29 is 4.79 Å². The van der Waals surface area contributed by atoms with Gasteiger partial charge in [0, 0.05) is 21.3 Å². The standard InChI is InChI=1S/C23H26N4OS/c1-22(2,3)13-23(4,5)27-21(28)24-14-10-11-18-15(12-14)19-20(29-18)26-17-9-7-6-8-16(17)25-19/h6-12H,13H2,1-5H3,(H2,24,27,28). The molecular weight excluding hydrogens is 380 g/mol. The van der Waals surface area contributed by atoms with Gasteiger partial charge in [0.2, 0.25) is 0 Å². The second kappa shape index (κ2) is 6.95. The van der Waals surface area contributed by atoms with E-state index in [9.17, 15) is 4.79 Å². The Labute approximate surface area is 174 Å². The number of hydrogen-bond donors (Lipinski definition) is 2. The fraction of sp³-hybridized carbons (Fsp3) is 0.348. The molecule has 2 N–H and O–H groups in total. The molecule has 2 aromatic heterocycles. The van der Waals surface area contributed by atoms with Gasteiger partial charge in [0.1, 0.15) is 10.3 Å². The van der Waals surface area contributed by atoms with Crippen LogP contribution in [0, 0.1) is 5.41 Å². The average Bonchev–Trinajstić information content (AvgIpc) is 2.94. The van der Waals surface area contributed by atoms with Crippen LogP contribution in [0.5, 0.6) is 0 Å². The van der Waals surface area contributed by atoms with E-state index < -0.39 is 0 Å². The first-order valence-electron chi connectivity index (χ1n) is 9.78. The summed E-state index contributed by atoms with van der Waals surface area (Å²) in [5.41, 5.74) is 3.22. The maximum atomic E-state index is 12.6. The predicted octanol–water partition coefficient (Wildman–Crippen LogP) is 6.33. The predicted molar refractivity (Wildman–Crippen MR) is 123 cm³/mol. The lowest BCUT2D eigenvalue weighted by Crippen LogP contribution is -2.47. The normalized spacial score (nSPS) is 12.6. The molecule has 4 rings (SSSR count). The number of benzene rings is 2. The molecule has 29 heavy (non-hydrogen) atoms. The monoisotopic (exact) mass is 406 g/mol. The van der Waals surface area contributed by atoms with Crippen molar-refractivity contribution in [3.63, 3.8) is 0 Å². The largest absolute Gasteiger partial charge is 0.333 e. The van der Waals surface area contributed by atoms with Gasteiger partial charge >= 0.3 is 6.03 Å². The molecule has 150 valence electrons. The topological polar surface area (TPSA) is 66.9 Å². The molecule has 2 aromatic carbocycles. The van der Waals surface area contributed by atoms with Crippen LogP contribution in [0.4, 0.5) is 10.5 Å². The number of anilines is 1. The highest BCUT2D eigenvalue weighted by molar-refractivity contribution is 7.25. The summed E-state index contributed by atoms with van der Waals surface area (Å²) in [6.45, 7) is 10.6. The van der Waals surface area contributed by atoms with E-state index in [1.807, 2.05) is 56.3 Å². The summed E-state index contributed by atoms with van der Waals surface area (Å²) in [6.07, 6.45) is 0.879. The maximum absolute atomic E-state index is 12.6. The zero-order chi connectivity index (χ0) is 20.8. The average molecular weight is 407 g/mol. The van der Waals surface area contributed by atoms with Crippen LogP contribution in [0.2, 0.25) is 0 Å². The first-order valence-corrected chi connectivity index (χ1v) is 10.6.